The zero-order valence-electron chi connectivity index (χ0n) is 8.92. The minimum atomic E-state index is -1.31. The van der Waals surface area contributed by atoms with Gasteiger partial charge in [-0.15, -0.1) is 0 Å². The molecule has 0 radical (unpaired) electrons. The van der Waals surface area contributed by atoms with Crippen molar-refractivity contribution in [3.63, 3.8) is 0 Å². The van der Waals surface area contributed by atoms with Crippen molar-refractivity contribution in [1.82, 2.24) is 5.32 Å². The van der Waals surface area contributed by atoms with Crippen LogP contribution in [0.25, 0.3) is 0 Å². The van der Waals surface area contributed by atoms with Crippen molar-refractivity contribution in [2.24, 2.45) is 0 Å². The molecule has 5 nitrogen and oxygen atoms in total. The van der Waals surface area contributed by atoms with Gasteiger partial charge in [-0.3, -0.25) is 4.79 Å². The maximum absolute atomic E-state index is 11.2. The lowest BCUT2D eigenvalue weighted by Crippen LogP contribution is -2.37. The van der Waals surface area contributed by atoms with Crippen LogP contribution >= 0.6 is 0 Å². The smallest absolute Gasteiger partial charge is 0.249 e. The monoisotopic (exact) mass is 225 g/mol. The normalized spacial score (nSPS) is 14.2. The van der Waals surface area contributed by atoms with Crippen LogP contribution in [0.1, 0.15) is 11.5 Å². The first kappa shape index (κ1) is 12.5. The summed E-state index contributed by atoms with van der Waals surface area (Å²) in [6.07, 6.45) is -1.31. The fourth-order valence-electron chi connectivity index (χ4n) is 1.44. The van der Waals surface area contributed by atoms with Gasteiger partial charge in [-0.1, -0.05) is 12.1 Å². The zero-order chi connectivity index (χ0) is 12.1. The summed E-state index contributed by atoms with van der Waals surface area (Å²) in [6, 6.07) is 5.99. The lowest BCUT2D eigenvalue weighted by molar-refractivity contribution is -0.130. The number of rotatable bonds is 4. The van der Waals surface area contributed by atoms with Gasteiger partial charge < -0.3 is 20.6 Å². The van der Waals surface area contributed by atoms with Crippen molar-refractivity contribution in [3.05, 3.63) is 29.8 Å². The van der Waals surface area contributed by atoms with Crippen LogP contribution in [0.5, 0.6) is 5.75 Å². The minimum absolute atomic E-state index is 0.0925. The van der Waals surface area contributed by atoms with Gasteiger partial charge in [0.15, 0.2) is 0 Å². The lowest BCUT2D eigenvalue weighted by atomic mass is 9.93. The minimum Gasteiger partial charge on any atom is -0.508 e. The van der Waals surface area contributed by atoms with Crippen LogP contribution in [0.4, 0.5) is 0 Å². The number of carbonyl (C=O) groups is 1. The van der Waals surface area contributed by atoms with E-state index in [-0.39, 0.29) is 12.4 Å². The summed E-state index contributed by atoms with van der Waals surface area (Å²) in [5.74, 6) is -1.15. The molecule has 1 aromatic rings. The van der Waals surface area contributed by atoms with Crippen molar-refractivity contribution in [3.8, 4) is 5.75 Å². The van der Waals surface area contributed by atoms with Gasteiger partial charge in [0.2, 0.25) is 5.91 Å². The summed E-state index contributed by atoms with van der Waals surface area (Å²) in [5.41, 5.74) is 0.594. The first-order valence-electron chi connectivity index (χ1n) is 4.89. The number of hydrogen-bond donors (Lipinski definition) is 4. The standard InChI is InChI=1S/C11H15NO4/c1-12-11(16)10(15)9(6-13)7-2-4-8(14)5-3-7/h2-5,9-10,13-15H,6H2,1H3,(H,12,16). The van der Waals surface area contributed by atoms with Gasteiger partial charge in [0.1, 0.15) is 11.9 Å². The molecule has 2 unspecified atom stereocenters. The third-order valence-corrected chi connectivity index (χ3v) is 2.41. The Hall–Kier alpha value is -1.59. The molecule has 0 heterocycles. The number of phenolic OH excluding ortho intramolecular Hbond substituents is 1. The number of amides is 1. The Kier molecular flexibility index (Phi) is 4.28. The molecule has 0 aromatic heterocycles. The van der Waals surface area contributed by atoms with Gasteiger partial charge >= 0.3 is 0 Å². The number of hydrogen-bond acceptors (Lipinski definition) is 4. The fourth-order valence-corrected chi connectivity index (χ4v) is 1.44. The highest BCUT2D eigenvalue weighted by atomic mass is 16.3. The van der Waals surface area contributed by atoms with Crippen LogP contribution in [-0.2, 0) is 4.79 Å². The highest BCUT2D eigenvalue weighted by Crippen LogP contribution is 2.21. The maximum Gasteiger partial charge on any atom is 0.249 e. The number of carbonyl (C=O) groups excluding carboxylic acids is 1. The van der Waals surface area contributed by atoms with Crippen molar-refractivity contribution >= 4 is 5.91 Å². The van der Waals surface area contributed by atoms with E-state index in [2.05, 4.69) is 5.32 Å². The second-order valence-electron chi connectivity index (χ2n) is 3.44. The van der Waals surface area contributed by atoms with Crippen molar-refractivity contribution in [2.75, 3.05) is 13.7 Å². The van der Waals surface area contributed by atoms with Crippen molar-refractivity contribution in [2.45, 2.75) is 12.0 Å². The molecule has 1 aromatic carbocycles. The lowest BCUT2D eigenvalue weighted by Gasteiger charge is -2.19. The number of nitrogens with one attached hydrogen (secondary N) is 1. The number of likely N-dealkylation sites (N-methyl/N-ethyl adjacent to an activating group) is 1. The Morgan fingerprint density at radius 1 is 1.38 bits per heavy atom. The molecule has 0 aliphatic carbocycles. The van der Waals surface area contributed by atoms with Gasteiger partial charge in [-0.25, -0.2) is 0 Å². The molecular formula is C11H15NO4. The second-order valence-corrected chi connectivity index (χ2v) is 3.44. The van der Waals surface area contributed by atoms with Gasteiger partial charge in [0, 0.05) is 13.0 Å². The molecule has 0 saturated carbocycles. The molecule has 0 fully saturated rings. The van der Waals surface area contributed by atoms with Gasteiger partial charge in [-0.05, 0) is 17.7 Å². The van der Waals surface area contributed by atoms with Crippen molar-refractivity contribution < 1.29 is 20.1 Å². The number of aromatic hydroxyl groups is 1. The van der Waals surface area contributed by atoms with E-state index in [1.54, 1.807) is 12.1 Å². The third kappa shape index (κ3) is 2.71. The third-order valence-electron chi connectivity index (χ3n) is 2.41. The molecule has 0 aliphatic heterocycles. The number of phenols is 1. The topological polar surface area (TPSA) is 89.8 Å². The van der Waals surface area contributed by atoms with Gasteiger partial charge in [0.25, 0.3) is 0 Å². The zero-order valence-corrected chi connectivity index (χ0v) is 8.92. The SMILES string of the molecule is CNC(=O)C(O)C(CO)c1ccc(O)cc1. The second kappa shape index (κ2) is 5.48. The summed E-state index contributed by atoms with van der Waals surface area (Å²) in [4.78, 5) is 11.2. The first-order valence-corrected chi connectivity index (χ1v) is 4.89. The van der Waals surface area contributed by atoms with Crippen LogP contribution in [0, 0.1) is 0 Å². The van der Waals surface area contributed by atoms with Crippen LogP contribution in [0.15, 0.2) is 24.3 Å². The molecule has 0 spiro atoms. The molecular weight excluding hydrogens is 210 g/mol. The van der Waals surface area contributed by atoms with Crippen LogP contribution in [0.3, 0.4) is 0 Å². The largest absolute Gasteiger partial charge is 0.508 e. The van der Waals surface area contributed by atoms with E-state index >= 15 is 0 Å². The van der Waals surface area contributed by atoms with Gasteiger partial charge in [0.05, 0.1) is 6.61 Å². The van der Waals surface area contributed by atoms with E-state index in [9.17, 15) is 9.90 Å². The van der Waals surface area contributed by atoms with E-state index < -0.39 is 17.9 Å². The quantitative estimate of drug-likeness (QED) is 0.560. The number of aliphatic hydroxyl groups is 2. The number of benzene rings is 1. The average Bonchev–Trinajstić information content (AvgIpc) is 2.31. The highest BCUT2D eigenvalue weighted by Gasteiger charge is 2.26. The summed E-state index contributed by atoms with van der Waals surface area (Å²) in [5, 5.41) is 30.2. The highest BCUT2D eigenvalue weighted by molar-refractivity contribution is 5.81. The molecule has 4 N–H and O–H groups in total. The van der Waals surface area contributed by atoms with E-state index in [0.717, 1.165) is 0 Å². The van der Waals surface area contributed by atoms with E-state index in [1.807, 2.05) is 0 Å². The Balaban J connectivity index is 2.89. The molecule has 16 heavy (non-hydrogen) atoms. The Bertz CT molecular complexity index is 350. The molecule has 2 atom stereocenters. The predicted octanol–water partition coefficient (Wildman–Crippen LogP) is -0.425. The van der Waals surface area contributed by atoms with Crippen LogP contribution < -0.4 is 5.32 Å². The number of aliphatic hydroxyl groups excluding tert-OH is 2. The Labute approximate surface area is 93.4 Å². The van der Waals surface area contributed by atoms with E-state index in [0.29, 0.717) is 5.56 Å². The molecule has 1 amide bonds. The van der Waals surface area contributed by atoms with E-state index in [1.165, 1.54) is 19.2 Å². The molecule has 0 bridgehead atoms. The maximum atomic E-state index is 11.2. The molecule has 0 aliphatic rings. The summed E-state index contributed by atoms with van der Waals surface area (Å²) in [7, 11) is 1.41. The summed E-state index contributed by atoms with van der Waals surface area (Å²) < 4.78 is 0. The molecule has 5 heteroatoms. The first-order chi connectivity index (χ1) is 7.60. The van der Waals surface area contributed by atoms with Crippen molar-refractivity contribution in [1.29, 1.82) is 0 Å². The van der Waals surface area contributed by atoms with Crippen LogP contribution in [0.2, 0.25) is 0 Å². The summed E-state index contributed by atoms with van der Waals surface area (Å²) >= 11 is 0. The fraction of sp³-hybridized carbons (Fsp3) is 0.364. The Morgan fingerprint density at radius 2 is 1.94 bits per heavy atom. The van der Waals surface area contributed by atoms with E-state index in [4.69, 9.17) is 10.2 Å². The predicted molar refractivity (Wildman–Crippen MR) is 58.0 cm³/mol. The molecule has 88 valence electrons. The average molecular weight is 225 g/mol. The van der Waals surface area contributed by atoms with Crippen LogP contribution in [-0.4, -0.2) is 41.0 Å². The van der Waals surface area contributed by atoms with Gasteiger partial charge in [-0.2, -0.15) is 0 Å². The Morgan fingerprint density at radius 3 is 2.38 bits per heavy atom. The molecule has 1 rings (SSSR count). The molecule has 0 saturated heterocycles. The summed E-state index contributed by atoms with van der Waals surface area (Å²) in [6.45, 7) is -0.348.